The van der Waals surface area contributed by atoms with Gasteiger partial charge in [-0.15, -0.1) is 0 Å². The van der Waals surface area contributed by atoms with Gasteiger partial charge in [-0.25, -0.2) is 4.98 Å². The number of H-pyrrole nitrogens is 1. The number of fused-ring (bicyclic) bond motifs is 1. The average molecular weight is 232 g/mol. The van der Waals surface area contributed by atoms with Gasteiger partial charge < -0.3 is 4.98 Å². The van der Waals surface area contributed by atoms with Gasteiger partial charge >= 0.3 is 0 Å². The van der Waals surface area contributed by atoms with Crippen molar-refractivity contribution in [1.29, 1.82) is 0 Å². The minimum absolute atomic E-state index is 0.337. The fourth-order valence-corrected chi connectivity index (χ4v) is 3.49. The van der Waals surface area contributed by atoms with Crippen LogP contribution in [0.5, 0.6) is 0 Å². The summed E-state index contributed by atoms with van der Waals surface area (Å²) < 4.78 is 0. The molecule has 17 heavy (non-hydrogen) atoms. The van der Waals surface area contributed by atoms with E-state index in [2.05, 4.69) is 25.8 Å². The number of hydrogen-bond donors (Lipinski definition) is 1. The maximum Gasteiger partial charge on any atom is 0.112 e. The summed E-state index contributed by atoms with van der Waals surface area (Å²) in [7, 11) is 0. The number of aromatic nitrogens is 2. The van der Waals surface area contributed by atoms with E-state index in [4.69, 9.17) is 4.98 Å². The van der Waals surface area contributed by atoms with E-state index in [0.29, 0.717) is 5.41 Å². The Balaban J connectivity index is 1.92. The second kappa shape index (κ2) is 3.86. The van der Waals surface area contributed by atoms with Gasteiger partial charge in [-0.3, -0.25) is 0 Å². The van der Waals surface area contributed by atoms with Crippen LogP contribution in [0.4, 0.5) is 0 Å². The molecule has 2 unspecified atom stereocenters. The molecule has 1 aromatic rings. The highest BCUT2D eigenvalue weighted by molar-refractivity contribution is 5.23. The van der Waals surface area contributed by atoms with E-state index in [9.17, 15) is 0 Å². The smallest absolute Gasteiger partial charge is 0.112 e. The molecular formula is C15H24N2. The van der Waals surface area contributed by atoms with Crippen LogP contribution >= 0.6 is 0 Å². The van der Waals surface area contributed by atoms with Crippen molar-refractivity contribution in [3.63, 3.8) is 0 Å². The molecule has 0 amide bonds. The van der Waals surface area contributed by atoms with Crippen molar-refractivity contribution in [3.05, 3.63) is 17.2 Å². The van der Waals surface area contributed by atoms with Gasteiger partial charge in [-0.05, 0) is 37.5 Å². The maximum absolute atomic E-state index is 4.93. The first-order valence-corrected chi connectivity index (χ1v) is 7.17. The molecule has 3 rings (SSSR count). The maximum atomic E-state index is 4.93. The van der Waals surface area contributed by atoms with Crippen LogP contribution in [0, 0.1) is 11.8 Å². The number of imidazole rings is 1. The first kappa shape index (κ1) is 11.3. The van der Waals surface area contributed by atoms with E-state index in [-0.39, 0.29) is 0 Å². The molecular weight excluding hydrogens is 208 g/mol. The molecule has 0 aromatic carbocycles. The van der Waals surface area contributed by atoms with Crippen LogP contribution in [-0.4, -0.2) is 9.97 Å². The van der Waals surface area contributed by atoms with E-state index < -0.39 is 0 Å². The summed E-state index contributed by atoms with van der Waals surface area (Å²) >= 11 is 0. The highest BCUT2D eigenvalue weighted by Gasteiger charge is 2.35. The minimum Gasteiger partial charge on any atom is -0.345 e. The SMILES string of the molecule is CC1Cc2nc(C3(C)CCCC3)[nH]c2CC1C. The highest BCUT2D eigenvalue weighted by atomic mass is 15.0. The fraction of sp³-hybridized carbons (Fsp3) is 0.800. The van der Waals surface area contributed by atoms with Crippen molar-refractivity contribution in [2.24, 2.45) is 11.8 Å². The van der Waals surface area contributed by atoms with Crippen LogP contribution in [0.15, 0.2) is 0 Å². The van der Waals surface area contributed by atoms with Crippen molar-refractivity contribution >= 4 is 0 Å². The van der Waals surface area contributed by atoms with Crippen molar-refractivity contribution in [2.45, 2.75) is 64.7 Å². The predicted molar refractivity (Wildman–Crippen MR) is 70.1 cm³/mol. The van der Waals surface area contributed by atoms with Crippen LogP contribution in [-0.2, 0) is 18.3 Å². The molecule has 2 nitrogen and oxygen atoms in total. The van der Waals surface area contributed by atoms with Gasteiger partial charge in [-0.2, -0.15) is 0 Å². The Labute approximate surface area is 104 Å². The van der Waals surface area contributed by atoms with Crippen molar-refractivity contribution < 1.29 is 0 Å². The predicted octanol–water partition coefficient (Wildman–Crippen LogP) is 3.61. The van der Waals surface area contributed by atoms with Gasteiger partial charge in [0, 0.05) is 11.1 Å². The van der Waals surface area contributed by atoms with E-state index in [1.54, 1.807) is 0 Å². The average Bonchev–Trinajstić information content (AvgIpc) is 2.87. The molecule has 2 atom stereocenters. The standard InChI is InChI=1S/C15H24N2/c1-10-8-12-13(9-11(10)2)17-14(16-12)15(3)6-4-5-7-15/h10-11H,4-9H2,1-3H3,(H,16,17). The normalized spacial score (nSPS) is 31.5. The third kappa shape index (κ3) is 1.82. The topological polar surface area (TPSA) is 28.7 Å². The van der Waals surface area contributed by atoms with Gasteiger partial charge in [0.05, 0.1) is 5.69 Å². The summed E-state index contributed by atoms with van der Waals surface area (Å²) in [6, 6.07) is 0. The summed E-state index contributed by atoms with van der Waals surface area (Å²) in [6.07, 6.45) is 7.72. The molecule has 1 aromatic heterocycles. The first-order valence-electron chi connectivity index (χ1n) is 7.17. The van der Waals surface area contributed by atoms with Gasteiger partial charge in [0.25, 0.3) is 0 Å². The number of nitrogens with zero attached hydrogens (tertiary/aromatic N) is 1. The van der Waals surface area contributed by atoms with Crippen LogP contribution in [0.3, 0.4) is 0 Å². The molecule has 0 bridgehead atoms. The lowest BCUT2D eigenvalue weighted by molar-refractivity contribution is 0.355. The van der Waals surface area contributed by atoms with Crippen molar-refractivity contribution in [1.82, 2.24) is 9.97 Å². The Morgan fingerprint density at radius 3 is 2.47 bits per heavy atom. The second-order valence-electron chi connectivity index (χ2n) is 6.64. The van der Waals surface area contributed by atoms with Crippen LogP contribution < -0.4 is 0 Å². The molecule has 2 aliphatic rings. The Morgan fingerprint density at radius 1 is 1.12 bits per heavy atom. The molecule has 0 aliphatic heterocycles. The Kier molecular flexibility index (Phi) is 2.57. The molecule has 0 radical (unpaired) electrons. The molecule has 1 fully saturated rings. The summed E-state index contributed by atoms with van der Waals surface area (Å²) in [4.78, 5) is 8.59. The van der Waals surface area contributed by atoms with Gasteiger partial charge in [0.1, 0.15) is 5.82 Å². The summed E-state index contributed by atoms with van der Waals surface area (Å²) in [5.41, 5.74) is 3.13. The summed E-state index contributed by atoms with van der Waals surface area (Å²) in [6.45, 7) is 7.11. The summed E-state index contributed by atoms with van der Waals surface area (Å²) in [5, 5.41) is 0. The minimum atomic E-state index is 0.337. The van der Waals surface area contributed by atoms with Crippen LogP contribution in [0.1, 0.15) is 63.7 Å². The molecule has 2 heteroatoms. The van der Waals surface area contributed by atoms with Crippen LogP contribution in [0.25, 0.3) is 0 Å². The number of hydrogen-bond acceptors (Lipinski definition) is 1. The molecule has 1 N–H and O–H groups in total. The van der Waals surface area contributed by atoms with Gasteiger partial charge in [0.2, 0.25) is 0 Å². The van der Waals surface area contributed by atoms with Crippen LogP contribution in [0.2, 0.25) is 0 Å². The first-order chi connectivity index (χ1) is 8.08. The zero-order valence-electron chi connectivity index (χ0n) is 11.3. The van der Waals surface area contributed by atoms with E-state index in [1.165, 1.54) is 55.7 Å². The van der Waals surface area contributed by atoms with Gasteiger partial charge in [0.15, 0.2) is 0 Å². The van der Waals surface area contributed by atoms with Gasteiger partial charge in [-0.1, -0.05) is 33.6 Å². The number of aromatic amines is 1. The zero-order chi connectivity index (χ0) is 12.0. The molecule has 0 spiro atoms. The van der Waals surface area contributed by atoms with Crippen molar-refractivity contribution in [3.8, 4) is 0 Å². The monoisotopic (exact) mass is 232 g/mol. The number of rotatable bonds is 1. The lowest BCUT2D eigenvalue weighted by Crippen LogP contribution is -2.20. The lowest BCUT2D eigenvalue weighted by Gasteiger charge is -2.24. The zero-order valence-corrected chi connectivity index (χ0v) is 11.3. The third-order valence-corrected chi connectivity index (χ3v) is 5.16. The third-order valence-electron chi connectivity index (χ3n) is 5.16. The summed E-state index contributed by atoms with van der Waals surface area (Å²) in [5.74, 6) is 2.86. The lowest BCUT2D eigenvalue weighted by atomic mass is 9.82. The Hall–Kier alpha value is -0.790. The van der Waals surface area contributed by atoms with E-state index >= 15 is 0 Å². The van der Waals surface area contributed by atoms with E-state index in [1.807, 2.05) is 0 Å². The Bertz CT molecular complexity index is 385. The van der Waals surface area contributed by atoms with Crippen molar-refractivity contribution in [2.75, 3.05) is 0 Å². The fourth-order valence-electron chi connectivity index (χ4n) is 3.49. The molecule has 94 valence electrons. The largest absolute Gasteiger partial charge is 0.345 e. The second-order valence-corrected chi connectivity index (χ2v) is 6.64. The Morgan fingerprint density at radius 2 is 1.76 bits per heavy atom. The number of nitrogens with one attached hydrogen (secondary N) is 1. The highest BCUT2D eigenvalue weighted by Crippen LogP contribution is 2.40. The quantitative estimate of drug-likeness (QED) is 0.787. The molecule has 0 saturated heterocycles. The molecule has 1 heterocycles. The molecule has 1 saturated carbocycles. The molecule has 2 aliphatic carbocycles. The van der Waals surface area contributed by atoms with E-state index in [0.717, 1.165) is 11.8 Å².